The van der Waals surface area contributed by atoms with Crippen molar-refractivity contribution in [3.05, 3.63) is 15.5 Å². The lowest BCUT2D eigenvalue weighted by molar-refractivity contribution is -0.138. The van der Waals surface area contributed by atoms with Crippen LogP contribution < -0.4 is 5.73 Å². The first-order valence-electron chi connectivity index (χ1n) is 3.32. The Balaban J connectivity index is 2.64. The van der Waals surface area contributed by atoms with Crippen LogP contribution in [0.5, 0.6) is 0 Å². The van der Waals surface area contributed by atoms with Gasteiger partial charge in [-0.2, -0.15) is 13.2 Å². The van der Waals surface area contributed by atoms with Gasteiger partial charge in [0.05, 0.1) is 18.7 Å². The van der Waals surface area contributed by atoms with Crippen molar-refractivity contribution in [1.82, 2.24) is 4.98 Å². The topological polar surface area (TPSA) is 38.9 Å². The van der Waals surface area contributed by atoms with Gasteiger partial charge in [-0.05, 0) is 0 Å². The second-order valence-electron chi connectivity index (χ2n) is 2.43. The molecule has 0 amide bonds. The van der Waals surface area contributed by atoms with Gasteiger partial charge in [-0.3, -0.25) is 0 Å². The molecule has 1 atom stereocenters. The van der Waals surface area contributed by atoms with E-state index in [1.54, 1.807) is 0 Å². The van der Waals surface area contributed by atoms with E-state index >= 15 is 0 Å². The molecule has 0 bridgehead atoms. The molecule has 0 aliphatic heterocycles. The first-order valence-corrected chi connectivity index (χ1v) is 4.51. The van der Waals surface area contributed by atoms with Crippen molar-refractivity contribution >= 4 is 22.9 Å². The maximum Gasteiger partial charge on any atom is 0.391 e. The SMILES string of the molecule is N[C@@H](CC(F)(F)F)c1ncc(Cl)s1. The van der Waals surface area contributed by atoms with Gasteiger partial charge < -0.3 is 5.73 Å². The van der Waals surface area contributed by atoms with E-state index in [4.69, 9.17) is 17.3 Å². The number of hydrogen-bond donors (Lipinski definition) is 1. The van der Waals surface area contributed by atoms with E-state index < -0.39 is 18.6 Å². The number of thiazole rings is 1. The number of nitrogens with zero attached hydrogens (tertiary/aromatic N) is 1. The minimum atomic E-state index is -4.27. The van der Waals surface area contributed by atoms with Gasteiger partial charge in [0.25, 0.3) is 0 Å². The average molecular weight is 231 g/mol. The molecule has 1 rings (SSSR count). The molecule has 0 aromatic carbocycles. The van der Waals surface area contributed by atoms with Crippen molar-refractivity contribution in [2.75, 3.05) is 0 Å². The van der Waals surface area contributed by atoms with E-state index in [1.165, 1.54) is 6.20 Å². The fourth-order valence-electron chi connectivity index (χ4n) is 0.775. The van der Waals surface area contributed by atoms with Crippen molar-refractivity contribution in [3.8, 4) is 0 Å². The number of halogens is 4. The molecular formula is C6H6ClF3N2S. The molecule has 7 heteroatoms. The smallest absolute Gasteiger partial charge is 0.322 e. The lowest BCUT2D eigenvalue weighted by Gasteiger charge is -2.10. The summed E-state index contributed by atoms with van der Waals surface area (Å²) in [6.45, 7) is 0. The van der Waals surface area contributed by atoms with Gasteiger partial charge in [0.1, 0.15) is 9.34 Å². The second-order valence-corrected chi connectivity index (χ2v) is 4.12. The molecule has 0 saturated carbocycles. The molecule has 1 heterocycles. The molecule has 2 nitrogen and oxygen atoms in total. The molecule has 0 fully saturated rings. The lowest BCUT2D eigenvalue weighted by Crippen LogP contribution is -2.19. The van der Waals surface area contributed by atoms with Crippen LogP contribution in [0.25, 0.3) is 0 Å². The quantitative estimate of drug-likeness (QED) is 0.849. The summed E-state index contributed by atoms with van der Waals surface area (Å²) >= 11 is 6.46. The third kappa shape index (κ3) is 3.50. The summed E-state index contributed by atoms with van der Waals surface area (Å²) in [5.74, 6) is 0. The Morgan fingerprint density at radius 1 is 1.62 bits per heavy atom. The summed E-state index contributed by atoms with van der Waals surface area (Å²) in [6, 6.07) is -1.11. The molecule has 13 heavy (non-hydrogen) atoms. The maximum atomic E-state index is 11.9. The van der Waals surface area contributed by atoms with E-state index in [-0.39, 0.29) is 5.01 Å². The Hall–Kier alpha value is -0.330. The van der Waals surface area contributed by atoms with E-state index in [1.807, 2.05) is 0 Å². The van der Waals surface area contributed by atoms with Gasteiger partial charge in [0.2, 0.25) is 0 Å². The molecule has 0 saturated heterocycles. The van der Waals surface area contributed by atoms with Crippen LogP contribution in [0.2, 0.25) is 4.34 Å². The molecular weight excluding hydrogens is 225 g/mol. The van der Waals surface area contributed by atoms with Crippen molar-refractivity contribution in [1.29, 1.82) is 0 Å². The minimum Gasteiger partial charge on any atom is -0.322 e. The summed E-state index contributed by atoms with van der Waals surface area (Å²) in [6.07, 6.45) is -4.05. The fraction of sp³-hybridized carbons (Fsp3) is 0.500. The number of rotatable bonds is 2. The van der Waals surface area contributed by atoms with Crippen LogP contribution in [0, 0.1) is 0 Å². The highest BCUT2D eigenvalue weighted by Gasteiger charge is 2.31. The number of aromatic nitrogens is 1. The fourth-order valence-corrected chi connectivity index (χ4v) is 1.71. The zero-order valence-electron chi connectivity index (χ0n) is 6.31. The van der Waals surface area contributed by atoms with Crippen molar-refractivity contribution < 1.29 is 13.2 Å². The predicted molar refractivity (Wildman–Crippen MR) is 44.7 cm³/mol. The molecule has 0 spiro atoms. The van der Waals surface area contributed by atoms with E-state index in [2.05, 4.69) is 4.98 Å². The van der Waals surface area contributed by atoms with Gasteiger partial charge in [-0.25, -0.2) is 4.98 Å². The second kappa shape index (κ2) is 3.81. The molecule has 1 aromatic rings. The summed E-state index contributed by atoms with van der Waals surface area (Å²) in [4.78, 5) is 3.66. The van der Waals surface area contributed by atoms with Crippen LogP contribution in [0.3, 0.4) is 0 Å². The Labute approximate surface area is 81.5 Å². The molecule has 2 N–H and O–H groups in total. The zero-order chi connectivity index (χ0) is 10.1. The van der Waals surface area contributed by atoms with E-state index in [0.717, 1.165) is 11.3 Å². The first kappa shape index (κ1) is 10.7. The van der Waals surface area contributed by atoms with E-state index in [9.17, 15) is 13.2 Å². The molecule has 0 aliphatic carbocycles. The number of nitrogens with two attached hydrogens (primary N) is 1. The zero-order valence-corrected chi connectivity index (χ0v) is 7.88. The highest BCUT2D eigenvalue weighted by molar-refractivity contribution is 7.15. The normalized spacial score (nSPS) is 14.5. The molecule has 0 aliphatic rings. The minimum absolute atomic E-state index is 0.210. The van der Waals surface area contributed by atoms with Gasteiger partial charge >= 0.3 is 6.18 Å². The Morgan fingerprint density at radius 3 is 2.62 bits per heavy atom. The standard InChI is InChI=1S/C6H6ClF3N2S/c7-4-2-12-5(13-4)3(11)1-6(8,9)10/h2-3H,1,11H2/t3-/m0/s1. The molecule has 0 unspecified atom stereocenters. The van der Waals surface area contributed by atoms with Crippen LogP contribution in [0.15, 0.2) is 6.20 Å². The summed E-state index contributed by atoms with van der Waals surface area (Å²) in [5.41, 5.74) is 5.26. The van der Waals surface area contributed by atoms with Crippen LogP contribution >= 0.6 is 22.9 Å². The largest absolute Gasteiger partial charge is 0.391 e. The number of alkyl halides is 3. The predicted octanol–water partition coefficient (Wildman–Crippen LogP) is 2.75. The van der Waals surface area contributed by atoms with Crippen molar-refractivity contribution in [3.63, 3.8) is 0 Å². The monoisotopic (exact) mass is 230 g/mol. The summed E-state index contributed by atoms with van der Waals surface area (Å²) in [5, 5.41) is 0.210. The Bertz CT molecular complexity index is 286. The third-order valence-electron chi connectivity index (χ3n) is 1.26. The third-order valence-corrected chi connectivity index (χ3v) is 2.51. The van der Waals surface area contributed by atoms with Crippen LogP contribution in [-0.2, 0) is 0 Å². The molecule has 74 valence electrons. The first-order chi connectivity index (χ1) is 5.88. The van der Waals surface area contributed by atoms with Crippen molar-refractivity contribution in [2.24, 2.45) is 5.73 Å². The van der Waals surface area contributed by atoms with Gasteiger partial charge in [-0.1, -0.05) is 11.6 Å². The van der Waals surface area contributed by atoms with Gasteiger partial charge in [-0.15, -0.1) is 11.3 Å². The molecule has 0 radical (unpaired) electrons. The van der Waals surface area contributed by atoms with Crippen LogP contribution in [0.1, 0.15) is 17.5 Å². The maximum absolute atomic E-state index is 11.9. The highest BCUT2D eigenvalue weighted by atomic mass is 35.5. The van der Waals surface area contributed by atoms with Gasteiger partial charge in [0, 0.05) is 0 Å². The van der Waals surface area contributed by atoms with Crippen LogP contribution in [-0.4, -0.2) is 11.2 Å². The molecule has 1 aromatic heterocycles. The Morgan fingerprint density at radius 2 is 2.23 bits per heavy atom. The summed E-state index contributed by atoms with van der Waals surface area (Å²) in [7, 11) is 0. The highest BCUT2D eigenvalue weighted by Crippen LogP contribution is 2.30. The summed E-state index contributed by atoms with van der Waals surface area (Å²) < 4.78 is 35.9. The number of hydrogen-bond acceptors (Lipinski definition) is 3. The average Bonchev–Trinajstić information content (AvgIpc) is 2.31. The van der Waals surface area contributed by atoms with Crippen LogP contribution in [0.4, 0.5) is 13.2 Å². The Kier molecular flexibility index (Phi) is 3.15. The van der Waals surface area contributed by atoms with Gasteiger partial charge in [0.15, 0.2) is 0 Å². The lowest BCUT2D eigenvalue weighted by atomic mass is 10.2. The van der Waals surface area contributed by atoms with Crippen molar-refractivity contribution in [2.45, 2.75) is 18.6 Å². The van der Waals surface area contributed by atoms with E-state index in [0.29, 0.717) is 4.34 Å².